The molecule has 0 bridgehead atoms. The molecule has 1 fully saturated rings. The quantitative estimate of drug-likeness (QED) is 0.646. The number of benzene rings is 2. The van der Waals surface area contributed by atoms with E-state index in [1.54, 1.807) is 0 Å². The zero-order chi connectivity index (χ0) is 16.8. The highest BCUT2D eigenvalue weighted by Gasteiger charge is 2.25. The number of hydrogen-bond acceptors (Lipinski definition) is 4. The number of piperazine rings is 1. The van der Waals surface area contributed by atoms with Crippen molar-refractivity contribution in [2.75, 3.05) is 19.6 Å². The fourth-order valence-corrected chi connectivity index (χ4v) is 3.30. The van der Waals surface area contributed by atoms with E-state index in [2.05, 4.69) is 36.2 Å². The molecule has 1 aliphatic heterocycles. The highest BCUT2D eigenvalue weighted by Crippen LogP contribution is 2.28. The summed E-state index contributed by atoms with van der Waals surface area (Å²) in [5.41, 5.74) is 1.33. The first-order chi connectivity index (χ1) is 11.8. The molecule has 2 aromatic rings. The summed E-state index contributed by atoms with van der Waals surface area (Å²) in [5.74, 6) is 1.41. The fourth-order valence-electron chi connectivity index (χ4n) is 3.30. The molecule has 0 amide bonds. The van der Waals surface area contributed by atoms with E-state index in [0.717, 1.165) is 26.1 Å². The van der Waals surface area contributed by atoms with Crippen LogP contribution in [0.5, 0.6) is 11.5 Å². The largest absolute Gasteiger partial charge is 0.314 e. The smallest absolute Gasteiger partial charge is 0.178 e. The number of para-hydroxylation sites is 1. The Balaban J connectivity index is 1.64. The molecule has 0 radical (unpaired) electrons. The first-order valence-electron chi connectivity index (χ1n) is 8.74. The highest BCUT2D eigenvalue weighted by molar-refractivity contribution is 5.29. The van der Waals surface area contributed by atoms with Gasteiger partial charge in [-0.2, -0.15) is 0 Å². The van der Waals surface area contributed by atoms with Crippen molar-refractivity contribution in [1.82, 2.24) is 10.2 Å². The van der Waals surface area contributed by atoms with Crippen molar-refractivity contribution in [3.05, 3.63) is 60.2 Å². The van der Waals surface area contributed by atoms with Crippen LogP contribution in [-0.4, -0.2) is 30.6 Å². The lowest BCUT2D eigenvalue weighted by molar-refractivity contribution is -0.0999. The molecule has 0 saturated carbocycles. The Morgan fingerprint density at radius 2 is 1.71 bits per heavy atom. The summed E-state index contributed by atoms with van der Waals surface area (Å²) in [5, 5.41) is 3.46. The molecular weight excluding hydrogens is 300 g/mol. The average molecular weight is 326 g/mol. The van der Waals surface area contributed by atoms with Gasteiger partial charge in [0.15, 0.2) is 11.5 Å². The standard InChI is InChI=1S/C20H26N2O2/c1-3-20(22-14-13-21-15-16(22)2)17-9-11-19(12-10-17)24-23-18-7-5-4-6-8-18/h4-12,16,20-21H,3,13-15H2,1-2H3. The molecule has 2 atom stereocenters. The van der Waals surface area contributed by atoms with Crippen molar-refractivity contribution in [2.45, 2.75) is 32.4 Å². The minimum Gasteiger partial charge on any atom is -0.314 e. The van der Waals surface area contributed by atoms with Gasteiger partial charge in [0.05, 0.1) is 0 Å². The zero-order valence-corrected chi connectivity index (χ0v) is 14.4. The van der Waals surface area contributed by atoms with E-state index in [4.69, 9.17) is 9.78 Å². The van der Waals surface area contributed by atoms with Crippen molar-refractivity contribution >= 4 is 0 Å². The van der Waals surface area contributed by atoms with Gasteiger partial charge in [0.25, 0.3) is 0 Å². The van der Waals surface area contributed by atoms with Crippen LogP contribution in [0.2, 0.25) is 0 Å². The summed E-state index contributed by atoms with van der Waals surface area (Å²) in [6.07, 6.45) is 1.10. The van der Waals surface area contributed by atoms with Gasteiger partial charge in [0, 0.05) is 31.7 Å². The van der Waals surface area contributed by atoms with Crippen LogP contribution in [0, 0.1) is 0 Å². The minimum atomic E-state index is 0.450. The second kappa shape index (κ2) is 8.18. The predicted molar refractivity (Wildman–Crippen MR) is 96.2 cm³/mol. The van der Waals surface area contributed by atoms with Crippen LogP contribution in [-0.2, 0) is 0 Å². The van der Waals surface area contributed by atoms with Gasteiger partial charge in [0.2, 0.25) is 0 Å². The Bertz CT molecular complexity index is 615. The third kappa shape index (κ3) is 4.08. The summed E-state index contributed by atoms with van der Waals surface area (Å²) < 4.78 is 0. The second-order valence-corrected chi connectivity index (χ2v) is 6.26. The summed E-state index contributed by atoms with van der Waals surface area (Å²) in [6, 6.07) is 18.8. The van der Waals surface area contributed by atoms with Gasteiger partial charge in [0.1, 0.15) is 0 Å². The van der Waals surface area contributed by atoms with Crippen LogP contribution in [0.15, 0.2) is 54.6 Å². The average Bonchev–Trinajstić information content (AvgIpc) is 2.64. The number of rotatable bonds is 6. The lowest BCUT2D eigenvalue weighted by Crippen LogP contribution is -2.50. The van der Waals surface area contributed by atoms with Gasteiger partial charge >= 0.3 is 0 Å². The first-order valence-corrected chi connectivity index (χ1v) is 8.74. The highest BCUT2D eigenvalue weighted by atomic mass is 17.2. The topological polar surface area (TPSA) is 33.7 Å². The Kier molecular flexibility index (Phi) is 5.72. The van der Waals surface area contributed by atoms with Gasteiger partial charge in [-0.15, -0.1) is 0 Å². The summed E-state index contributed by atoms with van der Waals surface area (Å²) >= 11 is 0. The van der Waals surface area contributed by atoms with E-state index < -0.39 is 0 Å². The van der Waals surface area contributed by atoms with Gasteiger partial charge in [-0.25, -0.2) is 0 Å². The van der Waals surface area contributed by atoms with Gasteiger partial charge in [-0.3, -0.25) is 14.7 Å². The van der Waals surface area contributed by atoms with E-state index >= 15 is 0 Å². The normalized spacial score (nSPS) is 19.7. The minimum absolute atomic E-state index is 0.450. The zero-order valence-electron chi connectivity index (χ0n) is 14.4. The maximum Gasteiger partial charge on any atom is 0.178 e. The Labute approximate surface area is 144 Å². The van der Waals surface area contributed by atoms with E-state index in [0.29, 0.717) is 23.6 Å². The fraction of sp³-hybridized carbons (Fsp3) is 0.400. The van der Waals surface area contributed by atoms with Gasteiger partial charge < -0.3 is 5.32 Å². The monoisotopic (exact) mass is 326 g/mol. The van der Waals surface area contributed by atoms with Crippen molar-refractivity contribution in [3.8, 4) is 11.5 Å². The summed E-state index contributed by atoms with van der Waals surface area (Å²) in [7, 11) is 0. The molecule has 1 aliphatic rings. The lowest BCUT2D eigenvalue weighted by atomic mass is 10.00. The lowest BCUT2D eigenvalue weighted by Gasteiger charge is -2.40. The maximum atomic E-state index is 5.40. The van der Waals surface area contributed by atoms with Crippen molar-refractivity contribution < 1.29 is 9.78 Å². The van der Waals surface area contributed by atoms with Crippen LogP contribution < -0.4 is 15.1 Å². The van der Waals surface area contributed by atoms with Crippen LogP contribution in [0.4, 0.5) is 0 Å². The molecular formula is C20H26N2O2. The third-order valence-electron chi connectivity index (χ3n) is 4.58. The number of nitrogens with zero attached hydrogens (tertiary/aromatic N) is 1. The molecule has 0 aliphatic carbocycles. The molecule has 24 heavy (non-hydrogen) atoms. The molecule has 1 N–H and O–H groups in total. The Hall–Kier alpha value is -2.04. The summed E-state index contributed by atoms with van der Waals surface area (Å²) in [6.45, 7) is 7.76. The molecule has 3 rings (SSSR count). The molecule has 1 heterocycles. The molecule has 2 unspecified atom stereocenters. The Morgan fingerprint density at radius 1 is 1.04 bits per heavy atom. The van der Waals surface area contributed by atoms with Crippen LogP contribution in [0.25, 0.3) is 0 Å². The third-order valence-corrected chi connectivity index (χ3v) is 4.58. The molecule has 4 heteroatoms. The van der Waals surface area contributed by atoms with Crippen LogP contribution in [0.1, 0.15) is 31.9 Å². The van der Waals surface area contributed by atoms with E-state index in [-0.39, 0.29) is 0 Å². The summed E-state index contributed by atoms with van der Waals surface area (Å²) in [4.78, 5) is 13.3. The van der Waals surface area contributed by atoms with Crippen molar-refractivity contribution in [1.29, 1.82) is 0 Å². The number of nitrogens with one attached hydrogen (secondary N) is 1. The second-order valence-electron chi connectivity index (χ2n) is 6.26. The SMILES string of the molecule is CCC(c1ccc(OOc2ccccc2)cc1)N1CCNCC1C. The van der Waals surface area contributed by atoms with Gasteiger partial charge in [-0.1, -0.05) is 37.3 Å². The molecule has 0 aromatic heterocycles. The molecule has 2 aromatic carbocycles. The van der Waals surface area contributed by atoms with Crippen LogP contribution >= 0.6 is 0 Å². The molecule has 4 nitrogen and oxygen atoms in total. The molecule has 128 valence electrons. The first kappa shape index (κ1) is 16.8. The van der Waals surface area contributed by atoms with Crippen molar-refractivity contribution in [3.63, 3.8) is 0 Å². The van der Waals surface area contributed by atoms with Gasteiger partial charge in [-0.05, 0) is 43.2 Å². The molecule has 1 saturated heterocycles. The Morgan fingerprint density at radius 3 is 2.33 bits per heavy atom. The van der Waals surface area contributed by atoms with E-state index in [9.17, 15) is 0 Å². The van der Waals surface area contributed by atoms with Crippen molar-refractivity contribution in [2.24, 2.45) is 0 Å². The number of hydrogen-bond donors (Lipinski definition) is 1. The van der Waals surface area contributed by atoms with E-state index in [1.807, 2.05) is 42.5 Å². The maximum absolute atomic E-state index is 5.40. The molecule has 0 spiro atoms. The van der Waals surface area contributed by atoms with E-state index in [1.165, 1.54) is 5.56 Å². The van der Waals surface area contributed by atoms with Crippen LogP contribution in [0.3, 0.4) is 0 Å². The predicted octanol–water partition coefficient (Wildman–Crippen LogP) is 3.80.